The summed E-state index contributed by atoms with van der Waals surface area (Å²) in [4.78, 5) is 32.7. The SMILES string of the molecule is CC1=C(C(N)=O)SC(n2cnn(C(C)c3ccccc3)c2=O)N1Cc1cncs1. The minimum atomic E-state index is -0.498. The fraction of sp³-hybridized carbons (Fsp3) is 0.263. The maximum absolute atomic E-state index is 13.2. The second kappa shape index (κ2) is 7.88. The van der Waals surface area contributed by atoms with E-state index in [1.54, 1.807) is 16.3 Å². The van der Waals surface area contributed by atoms with Gasteiger partial charge in [-0.1, -0.05) is 42.1 Å². The number of carbonyl (C=O) groups excluding carboxylic acids is 1. The van der Waals surface area contributed by atoms with E-state index in [1.807, 2.05) is 49.1 Å². The van der Waals surface area contributed by atoms with Gasteiger partial charge < -0.3 is 10.6 Å². The summed E-state index contributed by atoms with van der Waals surface area (Å²) in [7, 11) is 0. The molecule has 29 heavy (non-hydrogen) atoms. The number of primary amides is 1. The van der Waals surface area contributed by atoms with Crippen LogP contribution in [-0.4, -0.2) is 30.1 Å². The van der Waals surface area contributed by atoms with Crippen molar-refractivity contribution in [3.63, 3.8) is 0 Å². The summed E-state index contributed by atoms with van der Waals surface area (Å²) < 4.78 is 3.00. The minimum absolute atomic E-state index is 0.212. The van der Waals surface area contributed by atoms with E-state index in [4.69, 9.17) is 5.73 Å². The van der Waals surface area contributed by atoms with Gasteiger partial charge in [0.15, 0.2) is 5.50 Å². The fourth-order valence-electron chi connectivity index (χ4n) is 3.30. The third-order valence-corrected chi connectivity index (χ3v) is 7.08. The van der Waals surface area contributed by atoms with Gasteiger partial charge in [-0.15, -0.1) is 11.3 Å². The van der Waals surface area contributed by atoms with Crippen molar-refractivity contribution in [2.24, 2.45) is 5.73 Å². The van der Waals surface area contributed by atoms with Crippen molar-refractivity contribution in [2.75, 3.05) is 0 Å². The number of hydrogen-bond acceptors (Lipinski definition) is 7. The van der Waals surface area contributed by atoms with Crippen LogP contribution in [0.4, 0.5) is 0 Å². The van der Waals surface area contributed by atoms with Crippen molar-refractivity contribution in [3.05, 3.63) is 79.9 Å². The summed E-state index contributed by atoms with van der Waals surface area (Å²) in [6.45, 7) is 4.30. The number of benzene rings is 1. The highest BCUT2D eigenvalue weighted by Crippen LogP contribution is 2.44. The molecular weight excluding hydrogens is 408 g/mol. The van der Waals surface area contributed by atoms with Gasteiger partial charge in [-0.2, -0.15) is 5.10 Å². The molecule has 2 aromatic heterocycles. The monoisotopic (exact) mass is 428 g/mol. The zero-order valence-electron chi connectivity index (χ0n) is 15.9. The van der Waals surface area contributed by atoms with Gasteiger partial charge in [-0.3, -0.25) is 14.3 Å². The molecule has 1 amide bonds. The predicted octanol–water partition coefficient (Wildman–Crippen LogP) is 2.53. The van der Waals surface area contributed by atoms with E-state index in [9.17, 15) is 9.59 Å². The highest BCUT2D eigenvalue weighted by molar-refractivity contribution is 8.04. The van der Waals surface area contributed by atoms with Crippen molar-refractivity contribution in [1.82, 2.24) is 24.2 Å². The van der Waals surface area contributed by atoms with Crippen LogP contribution in [-0.2, 0) is 11.3 Å². The first-order chi connectivity index (χ1) is 14.0. The average molecular weight is 429 g/mol. The molecule has 0 bridgehead atoms. The van der Waals surface area contributed by atoms with E-state index in [0.29, 0.717) is 11.4 Å². The van der Waals surface area contributed by atoms with Gasteiger partial charge >= 0.3 is 5.69 Å². The highest BCUT2D eigenvalue weighted by Gasteiger charge is 2.36. The smallest absolute Gasteiger partial charge is 0.348 e. The number of nitrogens with zero attached hydrogens (tertiary/aromatic N) is 5. The molecule has 0 spiro atoms. The molecule has 4 rings (SSSR count). The molecule has 1 aromatic carbocycles. The van der Waals surface area contributed by atoms with Gasteiger partial charge in [-0.25, -0.2) is 9.48 Å². The number of rotatable bonds is 6. The maximum atomic E-state index is 13.2. The van der Waals surface area contributed by atoms with Crippen molar-refractivity contribution in [1.29, 1.82) is 0 Å². The summed E-state index contributed by atoms with van der Waals surface area (Å²) in [6, 6.07) is 9.52. The van der Waals surface area contributed by atoms with E-state index in [-0.39, 0.29) is 11.7 Å². The van der Waals surface area contributed by atoms with E-state index in [1.165, 1.54) is 34.1 Å². The zero-order valence-corrected chi connectivity index (χ0v) is 17.6. The average Bonchev–Trinajstić information content (AvgIpc) is 3.43. The molecule has 2 unspecified atom stereocenters. The van der Waals surface area contributed by atoms with Crippen LogP contribution in [0.5, 0.6) is 0 Å². The number of amides is 1. The van der Waals surface area contributed by atoms with Crippen molar-refractivity contribution < 1.29 is 4.79 Å². The molecule has 2 N–H and O–H groups in total. The van der Waals surface area contributed by atoms with Gasteiger partial charge in [0.05, 0.1) is 23.0 Å². The number of aromatic nitrogens is 4. The molecule has 150 valence electrons. The van der Waals surface area contributed by atoms with Crippen LogP contribution in [0, 0.1) is 0 Å². The van der Waals surface area contributed by atoms with E-state index in [0.717, 1.165) is 16.1 Å². The molecular formula is C19H20N6O2S2. The largest absolute Gasteiger partial charge is 0.365 e. The topological polar surface area (TPSA) is 99.0 Å². The van der Waals surface area contributed by atoms with Gasteiger partial charge in [0.25, 0.3) is 5.91 Å². The lowest BCUT2D eigenvalue weighted by Crippen LogP contribution is -2.34. The molecule has 1 aliphatic rings. The molecule has 1 aliphatic heterocycles. The van der Waals surface area contributed by atoms with Gasteiger partial charge in [0.2, 0.25) is 0 Å². The lowest BCUT2D eigenvalue weighted by molar-refractivity contribution is -0.114. The summed E-state index contributed by atoms with van der Waals surface area (Å²) in [5.41, 5.74) is 8.38. The Balaban J connectivity index is 1.69. The van der Waals surface area contributed by atoms with Crippen LogP contribution in [0.1, 0.15) is 35.8 Å². The van der Waals surface area contributed by atoms with Crippen molar-refractivity contribution in [2.45, 2.75) is 31.9 Å². The Morgan fingerprint density at radius 1 is 1.31 bits per heavy atom. The molecule has 3 heterocycles. The first-order valence-electron chi connectivity index (χ1n) is 8.99. The zero-order chi connectivity index (χ0) is 20.5. The van der Waals surface area contributed by atoms with Crippen molar-refractivity contribution >= 4 is 29.0 Å². The van der Waals surface area contributed by atoms with Gasteiger partial charge in [0.1, 0.15) is 6.33 Å². The Kier molecular flexibility index (Phi) is 5.29. The van der Waals surface area contributed by atoms with E-state index >= 15 is 0 Å². The molecule has 10 heteroatoms. The summed E-state index contributed by atoms with van der Waals surface area (Å²) in [5, 5.41) is 4.35. The Bertz CT molecular complexity index is 1100. The van der Waals surface area contributed by atoms with Crippen LogP contribution in [0.25, 0.3) is 0 Å². The van der Waals surface area contributed by atoms with E-state index < -0.39 is 11.4 Å². The van der Waals surface area contributed by atoms with Crippen LogP contribution in [0.3, 0.4) is 0 Å². The van der Waals surface area contributed by atoms with Gasteiger partial charge in [-0.05, 0) is 19.4 Å². The highest BCUT2D eigenvalue weighted by atomic mass is 32.2. The number of thioether (sulfide) groups is 1. The molecule has 0 fully saturated rings. The number of hydrogen-bond donors (Lipinski definition) is 1. The number of thiazole rings is 1. The van der Waals surface area contributed by atoms with Crippen LogP contribution in [0.2, 0.25) is 0 Å². The Hall–Kier alpha value is -2.85. The normalized spacial score (nSPS) is 17.7. The number of nitrogens with two attached hydrogens (primary N) is 1. The summed E-state index contributed by atoms with van der Waals surface area (Å²) >= 11 is 2.79. The number of carbonyl (C=O) groups is 1. The second-order valence-corrected chi connectivity index (χ2v) is 8.71. The molecule has 0 saturated heterocycles. The molecule has 2 atom stereocenters. The van der Waals surface area contributed by atoms with Crippen LogP contribution >= 0.6 is 23.1 Å². The van der Waals surface area contributed by atoms with Crippen molar-refractivity contribution in [3.8, 4) is 0 Å². The quantitative estimate of drug-likeness (QED) is 0.648. The second-order valence-electron chi connectivity index (χ2n) is 6.67. The molecule has 8 nitrogen and oxygen atoms in total. The lowest BCUT2D eigenvalue weighted by atomic mass is 10.1. The van der Waals surface area contributed by atoms with E-state index in [2.05, 4.69) is 10.1 Å². The Labute approximate surface area is 175 Å². The molecule has 0 aliphatic carbocycles. The standard InChI is InChI=1S/C19H20N6O2S2/c1-12(14-6-4-3-5-7-14)25-18(27)24(10-22-25)19-23(9-15-8-21-11-28-15)13(2)16(29-19)17(20)26/h3-8,10-12,19H,9H2,1-2H3,(H2,20,26). The fourth-order valence-corrected chi connectivity index (χ4v) is 5.12. The Morgan fingerprint density at radius 2 is 2.07 bits per heavy atom. The van der Waals surface area contributed by atoms with Crippen LogP contribution < -0.4 is 11.4 Å². The summed E-state index contributed by atoms with van der Waals surface area (Å²) in [6.07, 6.45) is 3.31. The third kappa shape index (κ3) is 3.60. The lowest BCUT2D eigenvalue weighted by Gasteiger charge is -2.26. The first-order valence-corrected chi connectivity index (χ1v) is 10.7. The van der Waals surface area contributed by atoms with Gasteiger partial charge in [0, 0.05) is 16.8 Å². The number of allylic oxidation sites excluding steroid dienone is 1. The third-order valence-electron chi connectivity index (χ3n) is 4.89. The maximum Gasteiger partial charge on any atom is 0.348 e. The Morgan fingerprint density at radius 3 is 2.72 bits per heavy atom. The predicted molar refractivity (Wildman–Crippen MR) is 113 cm³/mol. The molecule has 3 aromatic rings. The molecule has 0 radical (unpaired) electrons. The first kappa shape index (κ1) is 19.5. The van der Waals surface area contributed by atoms with Crippen LogP contribution in [0.15, 0.2) is 63.8 Å². The minimum Gasteiger partial charge on any atom is -0.365 e. The molecule has 0 saturated carbocycles. The summed E-state index contributed by atoms with van der Waals surface area (Å²) in [5.74, 6) is -0.498.